The number of benzene rings is 2. The first-order valence-corrected chi connectivity index (χ1v) is 10.1. The molecule has 2 aromatic carbocycles. The quantitative estimate of drug-likeness (QED) is 0.687. The molecule has 6 heteroatoms. The molecule has 2 unspecified atom stereocenters. The van der Waals surface area contributed by atoms with Crippen molar-refractivity contribution >= 4 is 16.5 Å². The number of hydrogen-bond acceptors (Lipinski definition) is 5. The first-order valence-electron chi connectivity index (χ1n) is 9.25. The number of hydrogen-bond donors (Lipinski definition) is 1. The number of rotatable bonds is 6. The van der Waals surface area contributed by atoms with Crippen LogP contribution < -0.4 is 4.90 Å². The number of aromatic nitrogens is 2. The second kappa shape index (κ2) is 8.15. The lowest BCUT2D eigenvalue weighted by molar-refractivity contribution is 0.158. The molecule has 3 aromatic rings. The Hall–Kier alpha value is -2.31. The van der Waals surface area contributed by atoms with Crippen molar-refractivity contribution in [2.24, 2.45) is 0 Å². The number of halogens is 1. The molecule has 1 fully saturated rings. The van der Waals surface area contributed by atoms with Crippen molar-refractivity contribution in [1.29, 1.82) is 0 Å². The maximum Gasteiger partial charge on any atom is 0.208 e. The third kappa shape index (κ3) is 4.34. The largest absolute Gasteiger partial charge is 0.388 e. The average Bonchev–Trinajstić information content (AvgIpc) is 3.32. The van der Waals surface area contributed by atoms with Gasteiger partial charge >= 0.3 is 0 Å². The van der Waals surface area contributed by atoms with Crippen molar-refractivity contribution in [3.05, 3.63) is 76.5 Å². The summed E-state index contributed by atoms with van der Waals surface area (Å²) in [7, 11) is 0. The molecule has 1 aliphatic heterocycles. The Balaban J connectivity index is 1.43. The van der Waals surface area contributed by atoms with Crippen LogP contribution in [0.5, 0.6) is 0 Å². The van der Waals surface area contributed by atoms with E-state index in [-0.39, 0.29) is 11.9 Å². The van der Waals surface area contributed by atoms with Crippen LogP contribution in [0, 0.1) is 5.82 Å². The third-order valence-electron chi connectivity index (χ3n) is 5.03. The third-order valence-corrected chi connectivity index (χ3v) is 5.99. The Bertz CT molecular complexity index is 869. The lowest BCUT2D eigenvalue weighted by Gasteiger charge is -2.25. The van der Waals surface area contributed by atoms with Crippen molar-refractivity contribution in [3.8, 4) is 0 Å². The molecule has 4 nitrogen and oxygen atoms in total. The molecule has 0 spiro atoms. The van der Waals surface area contributed by atoms with Gasteiger partial charge in [-0.2, -0.15) is 0 Å². The van der Waals surface area contributed by atoms with E-state index < -0.39 is 6.10 Å². The molecular weight excluding hydrogens is 361 g/mol. The lowest BCUT2D eigenvalue weighted by atomic mass is 10.0. The summed E-state index contributed by atoms with van der Waals surface area (Å²) < 4.78 is 13.1. The second-order valence-electron chi connectivity index (χ2n) is 6.93. The van der Waals surface area contributed by atoms with Crippen molar-refractivity contribution in [2.45, 2.75) is 37.8 Å². The molecule has 4 rings (SSSR count). The molecule has 2 heterocycles. The summed E-state index contributed by atoms with van der Waals surface area (Å²) in [5, 5.41) is 21.2. The highest BCUT2D eigenvalue weighted by Gasteiger charge is 2.29. The van der Waals surface area contributed by atoms with Gasteiger partial charge in [0.05, 0.1) is 6.10 Å². The molecule has 0 amide bonds. The van der Waals surface area contributed by atoms with E-state index in [0.29, 0.717) is 6.42 Å². The standard InChI is InChI=1S/C21H22FN3OS/c22-17-10-8-16(9-11-17)19(26)14-18-7-4-12-25(18)21-24-23-20(27-21)13-15-5-2-1-3-6-15/h1-3,5-6,8-11,18-19,26H,4,7,12-14H2. The monoisotopic (exact) mass is 383 g/mol. The summed E-state index contributed by atoms with van der Waals surface area (Å²) in [5.74, 6) is -0.284. The second-order valence-corrected chi connectivity index (χ2v) is 7.97. The Morgan fingerprint density at radius 3 is 2.67 bits per heavy atom. The smallest absolute Gasteiger partial charge is 0.208 e. The van der Waals surface area contributed by atoms with Crippen LogP contribution in [0.4, 0.5) is 9.52 Å². The molecule has 1 aliphatic rings. The highest BCUT2D eigenvalue weighted by atomic mass is 32.1. The van der Waals surface area contributed by atoms with E-state index in [1.807, 2.05) is 18.2 Å². The maximum absolute atomic E-state index is 13.1. The van der Waals surface area contributed by atoms with Crippen molar-refractivity contribution in [2.75, 3.05) is 11.4 Å². The van der Waals surface area contributed by atoms with Crippen molar-refractivity contribution < 1.29 is 9.50 Å². The number of nitrogens with zero attached hydrogens (tertiary/aromatic N) is 3. The van der Waals surface area contributed by atoms with E-state index in [1.165, 1.54) is 17.7 Å². The molecular formula is C21H22FN3OS. The SMILES string of the molecule is OC(CC1CCCN1c1nnc(Cc2ccccc2)s1)c1ccc(F)cc1. The van der Waals surface area contributed by atoms with E-state index in [9.17, 15) is 9.50 Å². The zero-order valence-corrected chi connectivity index (χ0v) is 15.8. The van der Waals surface area contributed by atoms with Crippen LogP contribution in [0.2, 0.25) is 0 Å². The van der Waals surface area contributed by atoms with Gasteiger partial charge in [0.15, 0.2) is 0 Å². The summed E-state index contributed by atoms with van der Waals surface area (Å²) in [6.07, 6.45) is 2.89. The van der Waals surface area contributed by atoms with Gasteiger partial charge in [-0.15, -0.1) is 10.2 Å². The van der Waals surface area contributed by atoms with Gasteiger partial charge in [-0.05, 0) is 42.5 Å². The predicted molar refractivity (Wildman–Crippen MR) is 106 cm³/mol. The van der Waals surface area contributed by atoms with E-state index in [1.54, 1.807) is 23.5 Å². The van der Waals surface area contributed by atoms with Crippen LogP contribution in [0.25, 0.3) is 0 Å². The first-order chi connectivity index (χ1) is 13.2. The highest BCUT2D eigenvalue weighted by Crippen LogP contribution is 2.33. The number of aliphatic hydroxyl groups is 1. The van der Waals surface area contributed by atoms with E-state index in [4.69, 9.17) is 0 Å². The summed E-state index contributed by atoms with van der Waals surface area (Å²) in [6.45, 7) is 0.931. The van der Waals surface area contributed by atoms with Crippen LogP contribution in [0.1, 0.15) is 41.5 Å². The van der Waals surface area contributed by atoms with E-state index in [0.717, 1.165) is 41.5 Å². The minimum atomic E-state index is -0.604. The Morgan fingerprint density at radius 2 is 1.89 bits per heavy atom. The average molecular weight is 383 g/mol. The summed E-state index contributed by atoms with van der Waals surface area (Å²) >= 11 is 1.63. The molecule has 1 N–H and O–H groups in total. The maximum atomic E-state index is 13.1. The van der Waals surface area contributed by atoms with Crippen LogP contribution in [-0.4, -0.2) is 27.9 Å². The highest BCUT2D eigenvalue weighted by molar-refractivity contribution is 7.15. The summed E-state index contributed by atoms with van der Waals surface area (Å²) in [4.78, 5) is 2.26. The van der Waals surface area contributed by atoms with Gasteiger partial charge in [0, 0.05) is 19.0 Å². The molecule has 27 heavy (non-hydrogen) atoms. The Kier molecular flexibility index (Phi) is 5.45. The van der Waals surface area contributed by atoms with Crippen LogP contribution in [-0.2, 0) is 6.42 Å². The molecule has 0 aliphatic carbocycles. The molecule has 0 radical (unpaired) electrons. The fraction of sp³-hybridized carbons (Fsp3) is 0.333. The van der Waals surface area contributed by atoms with Gasteiger partial charge in [0.25, 0.3) is 0 Å². The predicted octanol–water partition coefficient (Wildman–Crippen LogP) is 4.36. The van der Waals surface area contributed by atoms with Gasteiger partial charge in [0.1, 0.15) is 10.8 Å². The Labute approximate surface area is 162 Å². The molecule has 0 bridgehead atoms. The van der Waals surface area contributed by atoms with Gasteiger partial charge < -0.3 is 10.0 Å². The minimum absolute atomic E-state index is 0.225. The molecule has 140 valence electrons. The molecule has 2 atom stereocenters. The Morgan fingerprint density at radius 1 is 1.11 bits per heavy atom. The zero-order chi connectivity index (χ0) is 18.6. The fourth-order valence-corrected chi connectivity index (χ4v) is 4.58. The zero-order valence-electron chi connectivity index (χ0n) is 15.0. The minimum Gasteiger partial charge on any atom is -0.388 e. The topological polar surface area (TPSA) is 49.2 Å². The number of anilines is 1. The van der Waals surface area contributed by atoms with Crippen LogP contribution in [0.3, 0.4) is 0 Å². The number of aliphatic hydroxyl groups excluding tert-OH is 1. The van der Waals surface area contributed by atoms with Gasteiger partial charge in [-0.25, -0.2) is 4.39 Å². The summed E-state index contributed by atoms with van der Waals surface area (Å²) in [5.41, 5.74) is 1.98. The van der Waals surface area contributed by atoms with Gasteiger partial charge in [0.2, 0.25) is 5.13 Å². The van der Waals surface area contributed by atoms with E-state index in [2.05, 4.69) is 27.2 Å². The molecule has 0 saturated carbocycles. The van der Waals surface area contributed by atoms with Gasteiger partial charge in [-0.3, -0.25) is 0 Å². The molecule has 1 aromatic heterocycles. The van der Waals surface area contributed by atoms with Crippen LogP contribution in [0.15, 0.2) is 54.6 Å². The van der Waals surface area contributed by atoms with Crippen LogP contribution >= 0.6 is 11.3 Å². The van der Waals surface area contributed by atoms with Crippen molar-refractivity contribution in [3.63, 3.8) is 0 Å². The molecule has 1 saturated heterocycles. The van der Waals surface area contributed by atoms with Crippen molar-refractivity contribution in [1.82, 2.24) is 10.2 Å². The fourth-order valence-electron chi connectivity index (χ4n) is 3.61. The van der Waals surface area contributed by atoms with Gasteiger partial charge in [-0.1, -0.05) is 53.8 Å². The first kappa shape index (κ1) is 18.1. The lowest BCUT2D eigenvalue weighted by Crippen LogP contribution is -2.30. The summed E-state index contributed by atoms with van der Waals surface area (Å²) in [6, 6.07) is 16.6. The normalized spacial score (nSPS) is 18.0. The van der Waals surface area contributed by atoms with E-state index >= 15 is 0 Å².